The Hall–Kier alpha value is -0.680. The highest BCUT2D eigenvalue weighted by molar-refractivity contribution is 4.73. The lowest BCUT2D eigenvalue weighted by molar-refractivity contribution is -0.524. The molecule has 0 saturated heterocycles. The summed E-state index contributed by atoms with van der Waals surface area (Å²) in [6.07, 6.45) is -23.0. The second kappa shape index (κ2) is 4.53. The first-order valence-electron chi connectivity index (χ1n) is 3.64. The summed E-state index contributed by atoms with van der Waals surface area (Å²) in [7, 11) is 0.0910. The van der Waals surface area contributed by atoms with Crippen molar-refractivity contribution in [1.82, 2.24) is 0 Å². The first-order chi connectivity index (χ1) is 7.33. The molecule has 0 aliphatic carbocycles. The highest BCUT2D eigenvalue weighted by atomic mass is 19.3. The fraction of sp³-hybridized carbons (Fsp3) is 1.00. The molecule has 0 radical (unpaired) electrons. The smallest absolute Gasteiger partial charge is 0.317 e. The van der Waals surface area contributed by atoms with E-state index in [9.17, 15) is 35.1 Å². The molecule has 0 heterocycles. The highest BCUT2D eigenvalue weighted by Gasteiger charge is 2.70. The van der Waals surface area contributed by atoms with Crippen molar-refractivity contribution >= 4 is 0 Å². The van der Waals surface area contributed by atoms with E-state index in [0.717, 1.165) is 0 Å². The molecule has 0 spiro atoms. The third-order valence-electron chi connectivity index (χ3n) is 1.45. The topological polar surface area (TPSA) is 27.7 Å². The number of hydrogen-bond donors (Lipinski definition) is 0. The van der Waals surface area contributed by atoms with Crippen LogP contribution in [0.25, 0.3) is 0 Å². The second-order valence-corrected chi connectivity index (χ2v) is 2.58. The number of ether oxygens (including phenoxy) is 3. The van der Waals surface area contributed by atoms with E-state index in [2.05, 4.69) is 14.2 Å². The normalized spacial score (nSPS) is 15.2. The van der Waals surface area contributed by atoms with Crippen LogP contribution in [0.3, 0.4) is 0 Å². The van der Waals surface area contributed by atoms with Crippen molar-refractivity contribution in [2.24, 2.45) is 0 Å². The van der Waals surface area contributed by atoms with Gasteiger partial charge in [0.25, 0.3) is 0 Å². The summed E-state index contributed by atoms with van der Waals surface area (Å²) in [5.74, 6) is 0. The van der Waals surface area contributed by atoms with Crippen LogP contribution >= 0.6 is 0 Å². The Bertz CT molecular complexity index is 240. The SMILES string of the molecule is COC(F)(F)C(F)(F)OC(F)(F)C(F)(F)OC. The number of alkyl halides is 8. The molecule has 0 aliphatic rings. The first-order valence-corrected chi connectivity index (χ1v) is 3.64. The molecule has 0 N–H and O–H groups in total. The lowest BCUT2D eigenvalue weighted by Crippen LogP contribution is -2.54. The Labute approximate surface area is 89.2 Å². The molecule has 0 fully saturated rings. The molecule has 0 amide bonds. The first kappa shape index (κ1) is 16.3. The minimum Gasteiger partial charge on any atom is -0.317 e. The Morgan fingerprint density at radius 1 is 0.529 bits per heavy atom. The van der Waals surface area contributed by atoms with Crippen molar-refractivity contribution in [2.75, 3.05) is 14.2 Å². The zero-order valence-electron chi connectivity index (χ0n) is 8.25. The van der Waals surface area contributed by atoms with Gasteiger partial charge < -0.3 is 9.47 Å². The summed E-state index contributed by atoms with van der Waals surface area (Å²) in [6, 6.07) is 0. The molecule has 0 saturated carbocycles. The van der Waals surface area contributed by atoms with E-state index < -0.39 is 24.4 Å². The zero-order chi connectivity index (χ0) is 14.1. The van der Waals surface area contributed by atoms with Crippen LogP contribution in [-0.2, 0) is 14.2 Å². The second-order valence-electron chi connectivity index (χ2n) is 2.58. The van der Waals surface area contributed by atoms with Gasteiger partial charge in [-0.1, -0.05) is 0 Å². The highest BCUT2D eigenvalue weighted by Crippen LogP contribution is 2.45. The minimum absolute atomic E-state index is 0.0455. The van der Waals surface area contributed by atoms with Crippen molar-refractivity contribution in [1.29, 1.82) is 0 Å². The predicted octanol–water partition coefficient (Wildman–Crippen LogP) is 2.67. The van der Waals surface area contributed by atoms with Crippen LogP contribution in [0.1, 0.15) is 0 Å². The van der Waals surface area contributed by atoms with Gasteiger partial charge in [0.1, 0.15) is 0 Å². The Balaban J connectivity index is 5.07. The van der Waals surface area contributed by atoms with Gasteiger partial charge in [-0.15, -0.1) is 0 Å². The van der Waals surface area contributed by atoms with Gasteiger partial charge in [-0.25, -0.2) is 4.74 Å². The van der Waals surface area contributed by atoms with Crippen LogP contribution in [0.15, 0.2) is 0 Å². The number of rotatable bonds is 6. The van der Waals surface area contributed by atoms with Gasteiger partial charge in [-0.3, -0.25) is 0 Å². The van der Waals surface area contributed by atoms with Crippen LogP contribution in [-0.4, -0.2) is 38.7 Å². The van der Waals surface area contributed by atoms with Gasteiger partial charge in [-0.05, 0) is 0 Å². The number of hydrogen-bond acceptors (Lipinski definition) is 3. The van der Waals surface area contributed by atoms with Gasteiger partial charge in [0.15, 0.2) is 0 Å². The third-order valence-corrected chi connectivity index (χ3v) is 1.45. The molecule has 0 aliphatic heterocycles. The summed E-state index contributed by atoms with van der Waals surface area (Å²) in [6.45, 7) is 0. The quantitative estimate of drug-likeness (QED) is 0.699. The Kier molecular flexibility index (Phi) is 4.35. The van der Waals surface area contributed by atoms with E-state index in [1.165, 1.54) is 0 Å². The summed E-state index contributed by atoms with van der Waals surface area (Å²) in [4.78, 5) is 0. The van der Waals surface area contributed by atoms with E-state index in [4.69, 9.17) is 0 Å². The molecular weight excluding hydrogens is 272 g/mol. The maximum atomic E-state index is 12.4. The standard InChI is InChI=1S/C6H6F8O3/c1-15-3(7,8)5(11,12)17-6(13,14)4(9,10)16-2/h1-2H3. The van der Waals surface area contributed by atoms with E-state index >= 15 is 0 Å². The van der Waals surface area contributed by atoms with Crippen molar-refractivity contribution in [3.63, 3.8) is 0 Å². The third kappa shape index (κ3) is 3.16. The molecule has 104 valence electrons. The fourth-order valence-corrected chi connectivity index (χ4v) is 0.517. The van der Waals surface area contributed by atoms with Crippen LogP contribution in [0.5, 0.6) is 0 Å². The molecule has 17 heavy (non-hydrogen) atoms. The van der Waals surface area contributed by atoms with E-state index in [0.29, 0.717) is 0 Å². The lowest BCUT2D eigenvalue weighted by Gasteiger charge is -2.30. The van der Waals surface area contributed by atoms with Gasteiger partial charge in [0, 0.05) is 14.2 Å². The fourth-order valence-electron chi connectivity index (χ4n) is 0.517. The van der Waals surface area contributed by atoms with E-state index in [-0.39, 0.29) is 14.2 Å². The summed E-state index contributed by atoms with van der Waals surface area (Å²) < 4.78 is 106. The molecule has 0 aromatic rings. The zero-order valence-corrected chi connectivity index (χ0v) is 8.25. The average molecular weight is 278 g/mol. The van der Waals surface area contributed by atoms with Gasteiger partial charge >= 0.3 is 24.4 Å². The van der Waals surface area contributed by atoms with Gasteiger partial charge in [-0.2, -0.15) is 35.1 Å². The lowest BCUT2D eigenvalue weighted by atomic mass is 10.5. The summed E-state index contributed by atoms with van der Waals surface area (Å²) in [5, 5.41) is 0. The summed E-state index contributed by atoms with van der Waals surface area (Å²) >= 11 is 0. The average Bonchev–Trinajstić information content (AvgIpc) is 2.15. The van der Waals surface area contributed by atoms with Crippen LogP contribution < -0.4 is 0 Å². The predicted molar refractivity (Wildman–Crippen MR) is 34.9 cm³/mol. The van der Waals surface area contributed by atoms with Crippen molar-refractivity contribution in [3.05, 3.63) is 0 Å². The number of halogens is 8. The molecule has 0 aromatic heterocycles. The van der Waals surface area contributed by atoms with Crippen LogP contribution in [0, 0.1) is 0 Å². The molecule has 0 unspecified atom stereocenters. The molecule has 0 rings (SSSR count). The maximum Gasteiger partial charge on any atom is 0.453 e. The van der Waals surface area contributed by atoms with Crippen molar-refractivity contribution in [2.45, 2.75) is 24.4 Å². The van der Waals surface area contributed by atoms with Crippen molar-refractivity contribution in [3.8, 4) is 0 Å². The largest absolute Gasteiger partial charge is 0.453 e. The molecular formula is C6H6F8O3. The molecule has 11 heteroatoms. The molecule has 0 bridgehead atoms. The minimum atomic E-state index is -5.98. The van der Waals surface area contributed by atoms with Gasteiger partial charge in [0.2, 0.25) is 0 Å². The maximum absolute atomic E-state index is 12.4. The molecule has 3 nitrogen and oxygen atoms in total. The Morgan fingerprint density at radius 3 is 0.941 bits per heavy atom. The van der Waals surface area contributed by atoms with E-state index in [1.54, 1.807) is 0 Å². The van der Waals surface area contributed by atoms with Crippen molar-refractivity contribution < 1.29 is 49.3 Å². The monoisotopic (exact) mass is 278 g/mol. The Morgan fingerprint density at radius 2 is 0.765 bits per heavy atom. The van der Waals surface area contributed by atoms with E-state index in [1.807, 2.05) is 0 Å². The van der Waals surface area contributed by atoms with Gasteiger partial charge in [0.05, 0.1) is 0 Å². The number of methoxy groups -OCH3 is 2. The molecule has 0 atom stereocenters. The summed E-state index contributed by atoms with van der Waals surface area (Å²) in [5.41, 5.74) is 0. The van der Waals surface area contributed by atoms with Crippen LogP contribution in [0.4, 0.5) is 35.1 Å². The molecule has 0 aromatic carbocycles. The van der Waals surface area contributed by atoms with Crippen LogP contribution in [0.2, 0.25) is 0 Å².